The third-order valence-electron chi connectivity index (χ3n) is 4.96. The normalized spacial score (nSPS) is 21.3. The second kappa shape index (κ2) is 8.64. The standard InChI is InChI=1S/C17H24N2O3S.CH2O2/c1-12-4-9-23-14(12)15(20)19-7-5-17(6-8-19)10-13(11-18(2)3)22-16(17)21;2-1-3/h4,9,13H,5-8,10-11H2,1-3H3;1H,(H,2,3). The molecule has 2 saturated heterocycles. The summed E-state index contributed by atoms with van der Waals surface area (Å²) in [4.78, 5) is 38.1. The van der Waals surface area contributed by atoms with Gasteiger partial charge in [0.25, 0.3) is 12.4 Å². The average molecular weight is 382 g/mol. The number of carbonyl (C=O) groups excluding carboxylic acids is 2. The molecular formula is C18H26N2O5S. The van der Waals surface area contributed by atoms with Gasteiger partial charge in [-0.1, -0.05) is 0 Å². The van der Waals surface area contributed by atoms with Crippen molar-refractivity contribution in [2.45, 2.75) is 32.3 Å². The number of thiophene rings is 1. The number of ether oxygens (including phenoxy) is 1. The molecule has 0 saturated carbocycles. The molecule has 2 aliphatic heterocycles. The lowest BCUT2D eigenvalue weighted by Gasteiger charge is -2.36. The molecule has 0 radical (unpaired) electrons. The summed E-state index contributed by atoms with van der Waals surface area (Å²) in [5.41, 5.74) is 0.661. The number of hydrogen-bond acceptors (Lipinski definition) is 6. The SMILES string of the molecule is Cc1ccsc1C(=O)N1CCC2(CC1)CC(CN(C)C)OC2=O.O=CO. The van der Waals surface area contributed by atoms with Gasteiger partial charge in [-0.25, -0.2) is 0 Å². The molecule has 2 fully saturated rings. The number of aryl methyl sites for hydroxylation is 1. The molecule has 26 heavy (non-hydrogen) atoms. The van der Waals surface area contributed by atoms with Crippen molar-refractivity contribution in [2.75, 3.05) is 33.7 Å². The number of likely N-dealkylation sites (tertiary alicyclic amines) is 1. The van der Waals surface area contributed by atoms with Crippen LogP contribution in [0.2, 0.25) is 0 Å². The maximum Gasteiger partial charge on any atom is 0.312 e. The molecule has 3 rings (SSSR count). The molecule has 0 bridgehead atoms. The minimum Gasteiger partial charge on any atom is -0.483 e. The van der Waals surface area contributed by atoms with Gasteiger partial charge >= 0.3 is 5.97 Å². The summed E-state index contributed by atoms with van der Waals surface area (Å²) in [7, 11) is 3.98. The summed E-state index contributed by atoms with van der Waals surface area (Å²) in [6.07, 6.45) is 2.20. The Morgan fingerprint density at radius 2 is 2.08 bits per heavy atom. The van der Waals surface area contributed by atoms with Gasteiger partial charge in [0.2, 0.25) is 0 Å². The average Bonchev–Trinajstić information content (AvgIpc) is 3.12. The number of likely N-dealkylation sites (N-methyl/N-ethyl adjacent to an activating group) is 1. The predicted molar refractivity (Wildman–Crippen MR) is 98.4 cm³/mol. The Morgan fingerprint density at radius 1 is 1.46 bits per heavy atom. The Hall–Kier alpha value is -1.93. The van der Waals surface area contributed by atoms with Gasteiger partial charge in [0.15, 0.2) is 0 Å². The van der Waals surface area contributed by atoms with E-state index in [1.807, 2.05) is 37.4 Å². The number of amides is 1. The van der Waals surface area contributed by atoms with Crippen LogP contribution in [0.25, 0.3) is 0 Å². The first-order valence-electron chi connectivity index (χ1n) is 8.60. The van der Waals surface area contributed by atoms with Crippen molar-refractivity contribution in [3.8, 4) is 0 Å². The monoisotopic (exact) mass is 382 g/mol. The number of esters is 1. The van der Waals surface area contributed by atoms with Gasteiger partial charge in [0, 0.05) is 26.1 Å². The van der Waals surface area contributed by atoms with Crippen LogP contribution in [0.3, 0.4) is 0 Å². The van der Waals surface area contributed by atoms with Crippen molar-refractivity contribution >= 4 is 29.7 Å². The molecule has 1 unspecified atom stereocenters. The fourth-order valence-corrected chi connectivity index (χ4v) is 4.52. The molecule has 1 spiro atoms. The lowest BCUT2D eigenvalue weighted by Crippen LogP contribution is -2.45. The molecule has 144 valence electrons. The second-order valence-corrected chi connectivity index (χ2v) is 8.02. The van der Waals surface area contributed by atoms with E-state index in [2.05, 4.69) is 4.90 Å². The van der Waals surface area contributed by atoms with Crippen molar-refractivity contribution in [3.05, 3.63) is 21.9 Å². The Balaban J connectivity index is 0.000000758. The summed E-state index contributed by atoms with van der Waals surface area (Å²) in [5.74, 6) is 0.0345. The highest BCUT2D eigenvalue weighted by molar-refractivity contribution is 7.12. The highest BCUT2D eigenvalue weighted by atomic mass is 32.1. The molecular weight excluding hydrogens is 356 g/mol. The van der Waals surface area contributed by atoms with Crippen LogP contribution >= 0.6 is 11.3 Å². The highest BCUT2D eigenvalue weighted by Crippen LogP contribution is 2.43. The van der Waals surface area contributed by atoms with Gasteiger partial charge in [-0.05, 0) is 50.9 Å². The van der Waals surface area contributed by atoms with Crippen LogP contribution in [0.15, 0.2) is 11.4 Å². The van der Waals surface area contributed by atoms with E-state index in [4.69, 9.17) is 14.6 Å². The fourth-order valence-electron chi connectivity index (χ4n) is 3.63. The quantitative estimate of drug-likeness (QED) is 0.634. The predicted octanol–water partition coefficient (Wildman–Crippen LogP) is 1.86. The van der Waals surface area contributed by atoms with Gasteiger partial charge in [0.1, 0.15) is 6.10 Å². The maximum absolute atomic E-state index is 12.6. The van der Waals surface area contributed by atoms with E-state index in [-0.39, 0.29) is 29.9 Å². The zero-order chi connectivity index (χ0) is 19.3. The summed E-state index contributed by atoms with van der Waals surface area (Å²) in [6, 6.07) is 1.98. The molecule has 7 nitrogen and oxygen atoms in total. The number of carboxylic acid groups (broad SMARTS) is 1. The van der Waals surface area contributed by atoms with E-state index in [0.29, 0.717) is 25.9 Å². The van der Waals surface area contributed by atoms with E-state index in [1.165, 1.54) is 11.3 Å². The zero-order valence-electron chi connectivity index (χ0n) is 15.4. The molecule has 8 heteroatoms. The van der Waals surface area contributed by atoms with Crippen molar-refractivity contribution in [3.63, 3.8) is 0 Å². The van der Waals surface area contributed by atoms with Crippen LogP contribution in [-0.4, -0.2) is 73.1 Å². The number of rotatable bonds is 3. The minimum absolute atomic E-state index is 0.0145. The van der Waals surface area contributed by atoms with E-state index < -0.39 is 0 Å². The van der Waals surface area contributed by atoms with Crippen molar-refractivity contribution in [1.82, 2.24) is 9.80 Å². The Labute approximate surface area is 157 Å². The molecule has 0 aliphatic carbocycles. The van der Waals surface area contributed by atoms with Gasteiger partial charge in [-0.3, -0.25) is 14.4 Å². The number of carbonyl (C=O) groups is 3. The first-order chi connectivity index (χ1) is 12.3. The fraction of sp³-hybridized carbons (Fsp3) is 0.611. The van der Waals surface area contributed by atoms with Crippen LogP contribution < -0.4 is 0 Å². The van der Waals surface area contributed by atoms with E-state index in [1.54, 1.807) is 0 Å². The van der Waals surface area contributed by atoms with Crippen LogP contribution in [-0.2, 0) is 14.3 Å². The molecule has 3 heterocycles. The summed E-state index contributed by atoms with van der Waals surface area (Å²) in [6.45, 7) is 3.76. The smallest absolute Gasteiger partial charge is 0.312 e. The first-order valence-corrected chi connectivity index (χ1v) is 9.48. The minimum atomic E-state index is -0.373. The Morgan fingerprint density at radius 3 is 2.58 bits per heavy atom. The number of nitrogens with zero attached hydrogens (tertiary/aromatic N) is 2. The van der Waals surface area contributed by atoms with E-state index in [9.17, 15) is 9.59 Å². The van der Waals surface area contributed by atoms with Crippen LogP contribution in [0, 0.1) is 12.3 Å². The molecule has 1 aromatic heterocycles. The molecule has 1 atom stereocenters. The lowest BCUT2D eigenvalue weighted by atomic mass is 9.76. The van der Waals surface area contributed by atoms with Crippen molar-refractivity contribution < 1.29 is 24.2 Å². The lowest BCUT2D eigenvalue weighted by molar-refractivity contribution is -0.150. The van der Waals surface area contributed by atoms with Crippen LogP contribution in [0.5, 0.6) is 0 Å². The molecule has 2 aliphatic rings. The molecule has 1 N–H and O–H groups in total. The Kier molecular flexibility index (Phi) is 6.77. The van der Waals surface area contributed by atoms with Gasteiger partial charge in [-0.15, -0.1) is 11.3 Å². The van der Waals surface area contributed by atoms with Gasteiger partial charge in [0.05, 0.1) is 10.3 Å². The van der Waals surface area contributed by atoms with Gasteiger partial charge < -0.3 is 19.6 Å². The van der Waals surface area contributed by atoms with E-state index in [0.717, 1.165) is 23.4 Å². The third kappa shape index (κ3) is 4.42. The second-order valence-electron chi connectivity index (χ2n) is 7.10. The molecule has 1 amide bonds. The highest BCUT2D eigenvalue weighted by Gasteiger charge is 2.50. The summed E-state index contributed by atoms with van der Waals surface area (Å²) >= 11 is 1.49. The summed E-state index contributed by atoms with van der Waals surface area (Å²) < 4.78 is 5.57. The first kappa shape index (κ1) is 20.4. The van der Waals surface area contributed by atoms with Crippen LogP contribution in [0.4, 0.5) is 0 Å². The largest absolute Gasteiger partial charge is 0.483 e. The van der Waals surface area contributed by atoms with Gasteiger partial charge in [-0.2, -0.15) is 0 Å². The maximum atomic E-state index is 12.6. The zero-order valence-corrected chi connectivity index (χ0v) is 16.3. The van der Waals surface area contributed by atoms with Crippen LogP contribution in [0.1, 0.15) is 34.5 Å². The molecule has 0 aromatic carbocycles. The summed E-state index contributed by atoms with van der Waals surface area (Å²) in [5, 5.41) is 8.84. The molecule has 1 aromatic rings. The topological polar surface area (TPSA) is 87.2 Å². The van der Waals surface area contributed by atoms with Crippen molar-refractivity contribution in [1.29, 1.82) is 0 Å². The van der Waals surface area contributed by atoms with E-state index >= 15 is 0 Å². The number of cyclic esters (lactones) is 1. The number of piperidine rings is 1. The van der Waals surface area contributed by atoms with Crippen molar-refractivity contribution in [2.24, 2.45) is 5.41 Å². The number of hydrogen-bond donors (Lipinski definition) is 1. The Bertz CT molecular complexity index is 650. The third-order valence-corrected chi connectivity index (χ3v) is 5.96.